The molecule has 0 fully saturated rings. The molecule has 2 rings (SSSR count). The second-order valence-corrected chi connectivity index (χ2v) is 11.2. The van der Waals surface area contributed by atoms with Crippen LogP contribution in [-0.4, -0.2) is 0 Å². The molecule has 0 bridgehead atoms. The monoisotopic (exact) mass is 499 g/mol. The van der Waals surface area contributed by atoms with Gasteiger partial charge in [0.1, 0.15) is 0 Å². The van der Waals surface area contributed by atoms with Crippen LogP contribution in [0.1, 0.15) is 104 Å². The van der Waals surface area contributed by atoms with E-state index in [1.807, 2.05) is 24.3 Å². The van der Waals surface area contributed by atoms with Crippen molar-refractivity contribution in [3.05, 3.63) is 47.5 Å². The van der Waals surface area contributed by atoms with Gasteiger partial charge in [0, 0.05) is 9.79 Å². The Kier molecular flexibility index (Phi) is 11.7. The zero-order chi connectivity index (χ0) is 23.1. The molecule has 0 saturated carbocycles. The number of rotatable bonds is 12. The molecule has 0 atom stereocenters. The summed E-state index contributed by atoms with van der Waals surface area (Å²) in [6.45, 7) is 13.4. The topological polar surface area (TPSA) is 46.1 Å². The fourth-order valence-electron chi connectivity index (χ4n) is 4.06. The normalized spacial score (nSPS) is 11.9. The third-order valence-electron chi connectivity index (χ3n) is 6.48. The second kappa shape index (κ2) is 13.0. The Morgan fingerprint density at radius 3 is 1.38 bits per heavy atom. The minimum atomic E-state index is -0.00915. The molecule has 0 N–H and O–H groups in total. The molecule has 0 aliphatic carbocycles. The van der Waals surface area contributed by atoms with E-state index in [1.54, 1.807) is 12.1 Å². The average Bonchev–Trinajstić information content (AvgIpc) is 2.71. The van der Waals surface area contributed by atoms with Crippen LogP contribution in [-0.2, 0) is 27.6 Å². The van der Waals surface area contributed by atoms with E-state index >= 15 is 0 Å². The van der Waals surface area contributed by atoms with Crippen LogP contribution in [0, 0.1) is 0 Å². The van der Waals surface area contributed by atoms with Gasteiger partial charge in [-0.2, -0.15) is 0 Å². The van der Waals surface area contributed by atoms with Crippen LogP contribution < -0.4 is 10.2 Å². The summed E-state index contributed by atoms with van der Waals surface area (Å²) in [5.74, 6) is -0.0183. The maximum Gasteiger partial charge on any atom is 2.00 e. The number of benzene rings is 2. The van der Waals surface area contributed by atoms with Gasteiger partial charge >= 0.3 is 16.8 Å². The minimum Gasteiger partial charge on any atom is -0.872 e. The van der Waals surface area contributed by atoms with Crippen molar-refractivity contribution in [2.45, 2.75) is 114 Å². The fourth-order valence-corrected chi connectivity index (χ4v) is 5.00. The van der Waals surface area contributed by atoms with Gasteiger partial charge in [0.25, 0.3) is 0 Å². The van der Waals surface area contributed by atoms with Crippen molar-refractivity contribution < 1.29 is 27.0 Å². The predicted molar refractivity (Wildman–Crippen MR) is 130 cm³/mol. The second-order valence-electron chi connectivity index (χ2n) is 10.1. The molecule has 0 spiro atoms. The van der Waals surface area contributed by atoms with Gasteiger partial charge in [0.2, 0.25) is 0 Å². The maximum atomic E-state index is 12.6. The Balaban J connectivity index is 0.00000512. The first kappa shape index (κ1) is 28.9. The van der Waals surface area contributed by atoms with Crippen molar-refractivity contribution in [2.75, 3.05) is 0 Å². The Morgan fingerprint density at radius 1 is 0.656 bits per heavy atom. The van der Waals surface area contributed by atoms with E-state index in [-0.39, 0.29) is 39.1 Å². The molecule has 2 aromatic rings. The number of unbranched alkanes of at least 4 members (excludes halogenated alkanes) is 4. The number of hydrogen-bond donors (Lipinski definition) is 0. The van der Waals surface area contributed by atoms with E-state index in [9.17, 15) is 10.2 Å². The summed E-state index contributed by atoms with van der Waals surface area (Å²) in [6.07, 6.45) is 9.42. The molecule has 0 aromatic heterocycles. The van der Waals surface area contributed by atoms with Crippen molar-refractivity contribution in [3.8, 4) is 11.5 Å². The van der Waals surface area contributed by atoms with Gasteiger partial charge in [-0.05, 0) is 46.9 Å². The van der Waals surface area contributed by atoms with E-state index in [0.29, 0.717) is 9.79 Å². The summed E-state index contributed by atoms with van der Waals surface area (Å²) in [4.78, 5) is 1.30. The van der Waals surface area contributed by atoms with E-state index in [0.717, 1.165) is 12.8 Å². The van der Waals surface area contributed by atoms with Crippen molar-refractivity contribution in [3.63, 3.8) is 0 Å². The van der Waals surface area contributed by atoms with E-state index < -0.39 is 0 Å². The van der Waals surface area contributed by atoms with E-state index in [1.165, 1.54) is 61.4 Å². The molecule has 0 amide bonds. The first-order chi connectivity index (χ1) is 14.6. The molecule has 179 valence electrons. The average molecular weight is 500 g/mol. The standard InChI is InChI=1S/C28H42O2S.Co/c1-7-9-11-17-27(3,4)21-13-15-23(29)25(19-21)31-26-20-22(14-16-24(26)30)28(5,6)18-12-10-8-2;/h13-16,19-20,29-30H,7-12,17-18H2,1-6H3;/q;+2/p-2. The van der Waals surface area contributed by atoms with Gasteiger partial charge < -0.3 is 10.2 Å². The summed E-state index contributed by atoms with van der Waals surface area (Å²) in [7, 11) is 0. The summed E-state index contributed by atoms with van der Waals surface area (Å²) in [5, 5.41) is 25.2. The van der Waals surface area contributed by atoms with Gasteiger partial charge in [-0.15, -0.1) is 0 Å². The Labute approximate surface area is 210 Å². The van der Waals surface area contributed by atoms with Gasteiger partial charge in [-0.25, -0.2) is 0 Å². The molecule has 1 radical (unpaired) electrons. The van der Waals surface area contributed by atoms with Crippen molar-refractivity contribution in [1.29, 1.82) is 0 Å². The van der Waals surface area contributed by atoms with Crippen LogP contribution in [0.25, 0.3) is 0 Å². The van der Waals surface area contributed by atoms with Gasteiger partial charge in [0.05, 0.1) is 0 Å². The summed E-state index contributed by atoms with van der Waals surface area (Å²) in [6, 6.07) is 11.3. The van der Waals surface area contributed by atoms with Crippen LogP contribution in [0.15, 0.2) is 46.2 Å². The van der Waals surface area contributed by atoms with Crippen LogP contribution in [0.2, 0.25) is 0 Å². The minimum absolute atomic E-state index is 0. The Hall–Kier alpha value is -1.10. The molecule has 0 aliphatic rings. The molecular weight excluding hydrogens is 459 g/mol. The largest absolute Gasteiger partial charge is 2.00 e. The zero-order valence-corrected chi connectivity index (χ0v) is 22.5. The van der Waals surface area contributed by atoms with Crippen LogP contribution >= 0.6 is 11.8 Å². The van der Waals surface area contributed by atoms with Crippen LogP contribution in [0.3, 0.4) is 0 Å². The van der Waals surface area contributed by atoms with Gasteiger partial charge in [0.15, 0.2) is 0 Å². The molecular formula is C28H40CoO2S. The quantitative estimate of drug-likeness (QED) is 0.281. The Bertz CT molecular complexity index is 776. The van der Waals surface area contributed by atoms with Gasteiger partial charge in [-0.3, -0.25) is 0 Å². The summed E-state index contributed by atoms with van der Waals surface area (Å²) in [5.41, 5.74) is 2.38. The van der Waals surface area contributed by atoms with Crippen molar-refractivity contribution in [2.24, 2.45) is 0 Å². The van der Waals surface area contributed by atoms with Crippen LogP contribution in [0.5, 0.6) is 11.5 Å². The third kappa shape index (κ3) is 8.04. The van der Waals surface area contributed by atoms with Crippen molar-refractivity contribution in [1.82, 2.24) is 0 Å². The summed E-state index contributed by atoms with van der Waals surface area (Å²) < 4.78 is 0. The van der Waals surface area contributed by atoms with Crippen LogP contribution in [0.4, 0.5) is 0 Å². The third-order valence-corrected chi connectivity index (χ3v) is 7.56. The molecule has 32 heavy (non-hydrogen) atoms. The molecule has 0 unspecified atom stereocenters. The van der Waals surface area contributed by atoms with Crippen molar-refractivity contribution >= 4 is 11.8 Å². The SMILES string of the molecule is CCCCCC(C)(C)c1ccc([O-])c(Sc2cc(C(C)(C)CCCCC)ccc2[O-])c1.[Co+2]. The molecule has 4 heteroatoms. The zero-order valence-electron chi connectivity index (χ0n) is 20.7. The Morgan fingerprint density at radius 2 is 1.03 bits per heavy atom. The maximum absolute atomic E-state index is 12.6. The number of hydrogen-bond acceptors (Lipinski definition) is 3. The molecule has 0 heterocycles. The van der Waals surface area contributed by atoms with Gasteiger partial charge in [-0.1, -0.05) is 128 Å². The summed E-state index contributed by atoms with van der Waals surface area (Å²) >= 11 is 1.33. The predicted octanol–water partition coefficient (Wildman–Crippen LogP) is 7.70. The fraction of sp³-hybridized carbons (Fsp3) is 0.571. The molecule has 0 saturated heterocycles. The molecule has 2 aromatic carbocycles. The van der Waals surface area contributed by atoms with E-state index in [4.69, 9.17) is 0 Å². The molecule has 2 nitrogen and oxygen atoms in total. The molecule has 0 aliphatic heterocycles. The first-order valence-electron chi connectivity index (χ1n) is 11.9. The smallest absolute Gasteiger partial charge is 0.872 e. The van der Waals surface area contributed by atoms with E-state index in [2.05, 4.69) is 41.5 Å². The first-order valence-corrected chi connectivity index (χ1v) is 12.7.